The van der Waals surface area contributed by atoms with E-state index in [2.05, 4.69) is 59.6 Å². The predicted octanol–water partition coefficient (Wildman–Crippen LogP) is 6.07. The molecule has 1 saturated carbocycles. The van der Waals surface area contributed by atoms with Crippen LogP contribution in [0.15, 0.2) is 60.8 Å². The summed E-state index contributed by atoms with van der Waals surface area (Å²) in [7, 11) is 0. The van der Waals surface area contributed by atoms with Crippen LogP contribution in [0.3, 0.4) is 0 Å². The third kappa shape index (κ3) is 3.21. The fourth-order valence-electron chi connectivity index (χ4n) is 4.21. The van der Waals surface area contributed by atoms with E-state index in [0.717, 1.165) is 18.8 Å². The Morgan fingerprint density at radius 2 is 1.58 bits per heavy atom. The van der Waals surface area contributed by atoms with Crippen LogP contribution in [0.4, 0.5) is 0 Å². The second-order valence-electron chi connectivity index (χ2n) is 7.01. The van der Waals surface area contributed by atoms with Crippen LogP contribution in [0.25, 0.3) is 10.8 Å². The highest BCUT2D eigenvalue weighted by Gasteiger charge is 2.18. The maximum absolute atomic E-state index is 4.66. The monoisotopic (exact) mass is 315 g/mol. The van der Waals surface area contributed by atoms with Crippen molar-refractivity contribution in [2.45, 2.75) is 50.9 Å². The SMILES string of the molecule is c1ccc(C2CCCCC2)c(CCc2nccc3ccccc23)c1. The lowest BCUT2D eigenvalue weighted by atomic mass is 9.81. The third-order valence-electron chi connectivity index (χ3n) is 5.49. The summed E-state index contributed by atoms with van der Waals surface area (Å²) in [6, 6.07) is 19.8. The topological polar surface area (TPSA) is 12.9 Å². The molecule has 1 fully saturated rings. The van der Waals surface area contributed by atoms with Gasteiger partial charge in [-0.25, -0.2) is 0 Å². The second-order valence-corrected chi connectivity index (χ2v) is 7.01. The normalized spacial score (nSPS) is 15.7. The number of rotatable bonds is 4. The van der Waals surface area contributed by atoms with E-state index in [-0.39, 0.29) is 0 Å². The van der Waals surface area contributed by atoms with Crippen molar-refractivity contribution in [2.24, 2.45) is 0 Å². The number of hydrogen-bond acceptors (Lipinski definition) is 1. The Labute approximate surface area is 144 Å². The van der Waals surface area contributed by atoms with E-state index in [1.54, 1.807) is 5.56 Å². The first-order valence-electron chi connectivity index (χ1n) is 9.32. The van der Waals surface area contributed by atoms with Gasteiger partial charge in [0.25, 0.3) is 0 Å². The number of fused-ring (bicyclic) bond motifs is 1. The molecule has 4 rings (SSSR count). The minimum Gasteiger partial charge on any atom is -0.261 e. The van der Waals surface area contributed by atoms with Crippen molar-refractivity contribution in [2.75, 3.05) is 0 Å². The Kier molecular flexibility index (Phi) is 4.60. The van der Waals surface area contributed by atoms with Crippen molar-refractivity contribution in [1.82, 2.24) is 4.98 Å². The molecule has 1 heterocycles. The first kappa shape index (κ1) is 15.4. The van der Waals surface area contributed by atoms with Crippen molar-refractivity contribution < 1.29 is 0 Å². The Morgan fingerprint density at radius 3 is 2.50 bits per heavy atom. The van der Waals surface area contributed by atoms with E-state index >= 15 is 0 Å². The number of aromatic nitrogens is 1. The van der Waals surface area contributed by atoms with Crippen molar-refractivity contribution >= 4 is 10.8 Å². The van der Waals surface area contributed by atoms with E-state index in [4.69, 9.17) is 0 Å². The molecule has 1 aliphatic rings. The summed E-state index contributed by atoms with van der Waals surface area (Å²) in [6.07, 6.45) is 11.0. The van der Waals surface area contributed by atoms with Gasteiger partial charge in [0.2, 0.25) is 0 Å². The van der Waals surface area contributed by atoms with Gasteiger partial charge in [0.15, 0.2) is 0 Å². The van der Waals surface area contributed by atoms with Gasteiger partial charge in [0, 0.05) is 17.3 Å². The summed E-state index contributed by atoms with van der Waals surface area (Å²) in [5.74, 6) is 0.774. The lowest BCUT2D eigenvalue weighted by molar-refractivity contribution is 0.441. The average Bonchev–Trinajstić information content (AvgIpc) is 2.67. The van der Waals surface area contributed by atoms with Gasteiger partial charge in [0.1, 0.15) is 0 Å². The Bertz CT molecular complexity index is 810. The minimum atomic E-state index is 0.774. The lowest BCUT2D eigenvalue weighted by Crippen LogP contribution is -2.08. The highest BCUT2D eigenvalue weighted by atomic mass is 14.7. The molecule has 3 aromatic rings. The summed E-state index contributed by atoms with van der Waals surface area (Å²) >= 11 is 0. The highest BCUT2D eigenvalue weighted by molar-refractivity contribution is 5.84. The number of nitrogens with zero attached hydrogens (tertiary/aromatic N) is 1. The van der Waals surface area contributed by atoms with Gasteiger partial charge in [-0.3, -0.25) is 4.98 Å². The van der Waals surface area contributed by atoms with Gasteiger partial charge in [0.05, 0.1) is 0 Å². The molecule has 0 saturated heterocycles. The quantitative estimate of drug-likeness (QED) is 0.569. The molecule has 2 aromatic carbocycles. The van der Waals surface area contributed by atoms with Gasteiger partial charge >= 0.3 is 0 Å². The molecule has 1 nitrogen and oxygen atoms in total. The molecule has 0 bridgehead atoms. The van der Waals surface area contributed by atoms with Gasteiger partial charge in [-0.1, -0.05) is 67.8 Å². The van der Waals surface area contributed by atoms with Crippen LogP contribution in [-0.2, 0) is 12.8 Å². The molecule has 24 heavy (non-hydrogen) atoms. The van der Waals surface area contributed by atoms with E-state index in [1.807, 2.05) is 6.20 Å². The van der Waals surface area contributed by atoms with Gasteiger partial charge < -0.3 is 0 Å². The van der Waals surface area contributed by atoms with Gasteiger partial charge in [-0.15, -0.1) is 0 Å². The lowest BCUT2D eigenvalue weighted by Gasteiger charge is -2.24. The highest BCUT2D eigenvalue weighted by Crippen LogP contribution is 2.34. The van der Waals surface area contributed by atoms with Crippen LogP contribution in [0, 0.1) is 0 Å². The molecule has 0 atom stereocenters. The number of pyridine rings is 1. The Balaban J connectivity index is 1.57. The summed E-state index contributed by atoms with van der Waals surface area (Å²) in [4.78, 5) is 4.66. The van der Waals surface area contributed by atoms with Crippen LogP contribution in [-0.4, -0.2) is 4.98 Å². The molecule has 1 heteroatoms. The van der Waals surface area contributed by atoms with Gasteiger partial charge in [-0.2, -0.15) is 0 Å². The molecule has 0 N–H and O–H groups in total. The van der Waals surface area contributed by atoms with Crippen molar-refractivity contribution in [3.8, 4) is 0 Å². The van der Waals surface area contributed by atoms with Crippen LogP contribution in [0.1, 0.15) is 54.8 Å². The summed E-state index contributed by atoms with van der Waals surface area (Å²) in [6.45, 7) is 0. The van der Waals surface area contributed by atoms with Crippen LogP contribution >= 0.6 is 0 Å². The van der Waals surface area contributed by atoms with Crippen molar-refractivity contribution in [3.05, 3.63) is 77.6 Å². The smallest absolute Gasteiger partial charge is 0.0485 e. The zero-order chi connectivity index (χ0) is 16.2. The van der Waals surface area contributed by atoms with E-state index in [9.17, 15) is 0 Å². The van der Waals surface area contributed by atoms with E-state index in [0.29, 0.717) is 0 Å². The third-order valence-corrected chi connectivity index (χ3v) is 5.49. The minimum absolute atomic E-state index is 0.774. The number of hydrogen-bond donors (Lipinski definition) is 0. The zero-order valence-corrected chi connectivity index (χ0v) is 14.2. The zero-order valence-electron chi connectivity index (χ0n) is 14.2. The molecule has 0 radical (unpaired) electrons. The maximum atomic E-state index is 4.66. The second kappa shape index (κ2) is 7.17. The van der Waals surface area contributed by atoms with Crippen molar-refractivity contribution in [1.29, 1.82) is 0 Å². The summed E-state index contributed by atoms with van der Waals surface area (Å²) in [5, 5.41) is 2.60. The molecule has 1 aromatic heterocycles. The molecule has 122 valence electrons. The summed E-state index contributed by atoms with van der Waals surface area (Å²) in [5.41, 5.74) is 4.35. The predicted molar refractivity (Wildman–Crippen MR) is 101 cm³/mol. The largest absolute Gasteiger partial charge is 0.261 e. The molecular formula is C23H25N. The number of aryl methyl sites for hydroxylation is 2. The first-order valence-corrected chi connectivity index (χ1v) is 9.32. The average molecular weight is 315 g/mol. The Hall–Kier alpha value is -2.15. The maximum Gasteiger partial charge on any atom is 0.0485 e. The van der Waals surface area contributed by atoms with Gasteiger partial charge in [-0.05, 0) is 54.2 Å². The molecule has 0 amide bonds. The molecular weight excluding hydrogens is 290 g/mol. The summed E-state index contributed by atoms with van der Waals surface area (Å²) < 4.78 is 0. The molecule has 0 unspecified atom stereocenters. The molecule has 0 spiro atoms. The van der Waals surface area contributed by atoms with Crippen LogP contribution in [0.5, 0.6) is 0 Å². The van der Waals surface area contributed by atoms with E-state index in [1.165, 1.54) is 54.1 Å². The fourth-order valence-corrected chi connectivity index (χ4v) is 4.21. The number of benzene rings is 2. The van der Waals surface area contributed by atoms with E-state index < -0.39 is 0 Å². The Morgan fingerprint density at radius 1 is 0.792 bits per heavy atom. The molecule has 1 aliphatic carbocycles. The standard InChI is InChI=1S/C23H25N/c1-2-8-18(9-3-1)21-12-6-4-10-19(21)14-15-23-22-13-7-5-11-20(22)16-17-24-23/h4-7,10-13,16-18H,1-3,8-9,14-15H2. The molecule has 0 aliphatic heterocycles. The van der Waals surface area contributed by atoms with Crippen molar-refractivity contribution in [3.63, 3.8) is 0 Å². The van der Waals surface area contributed by atoms with Crippen LogP contribution in [0.2, 0.25) is 0 Å². The van der Waals surface area contributed by atoms with Crippen LogP contribution < -0.4 is 0 Å². The fraction of sp³-hybridized carbons (Fsp3) is 0.348. The first-order chi connectivity index (χ1) is 11.9.